The lowest BCUT2D eigenvalue weighted by molar-refractivity contribution is -0.123. The fourth-order valence-electron chi connectivity index (χ4n) is 2.21. The number of carbonyl (C=O) groups is 1. The highest BCUT2D eigenvalue weighted by atomic mass is 19.2. The van der Waals surface area contributed by atoms with Crippen molar-refractivity contribution in [3.05, 3.63) is 35.4 Å². The van der Waals surface area contributed by atoms with Gasteiger partial charge in [0.2, 0.25) is 5.91 Å². The Labute approximate surface area is 110 Å². The summed E-state index contributed by atoms with van der Waals surface area (Å²) in [5.74, 6) is -2.10. The van der Waals surface area contributed by atoms with E-state index >= 15 is 0 Å². The van der Waals surface area contributed by atoms with E-state index in [9.17, 15) is 18.7 Å². The minimum absolute atomic E-state index is 0.0218. The molecule has 19 heavy (non-hydrogen) atoms. The molecule has 104 valence electrons. The van der Waals surface area contributed by atoms with Crippen molar-refractivity contribution in [2.75, 3.05) is 6.61 Å². The highest BCUT2D eigenvalue weighted by Crippen LogP contribution is 2.39. The molecule has 0 heterocycles. The van der Waals surface area contributed by atoms with Crippen molar-refractivity contribution in [1.82, 2.24) is 5.32 Å². The number of aliphatic hydroxyl groups is 1. The van der Waals surface area contributed by atoms with E-state index in [2.05, 4.69) is 5.32 Å². The van der Waals surface area contributed by atoms with Gasteiger partial charge in [0.05, 0.1) is 18.6 Å². The third kappa shape index (κ3) is 3.10. The summed E-state index contributed by atoms with van der Waals surface area (Å²) in [6.07, 6.45) is 1.70. The maximum atomic E-state index is 13.4. The summed E-state index contributed by atoms with van der Waals surface area (Å²) < 4.78 is 26.5. The molecule has 2 rings (SSSR count). The minimum atomic E-state index is -0.991. The van der Waals surface area contributed by atoms with Crippen molar-refractivity contribution in [2.24, 2.45) is 5.92 Å². The average molecular weight is 269 g/mol. The first-order valence-corrected chi connectivity index (χ1v) is 6.31. The Balaban J connectivity index is 2.03. The summed E-state index contributed by atoms with van der Waals surface area (Å²) in [4.78, 5) is 11.9. The normalized spacial score (nSPS) is 17.9. The second-order valence-electron chi connectivity index (χ2n) is 5.29. The molecular weight excluding hydrogens is 252 g/mol. The van der Waals surface area contributed by atoms with E-state index in [0.717, 1.165) is 18.9 Å². The van der Waals surface area contributed by atoms with E-state index in [1.165, 1.54) is 12.1 Å². The molecule has 1 aliphatic rings. The molecule has 1 aliphatic carbocycles. The van der Waals surface area contributed by atoms with Crippen LogP contribution in [-0.2, 0) is 11.2 Å². The number of rotatable bonds is 5. The third-order valence-corrected chi connectivity index (χ3v) is 3.61. The van der Waals surface area contributed by atoms with Gasteiger partial charge < -0.3 is 10.4 Å². The molecule has 0 aromatic heterocycles. The standard InChI is InChI=1S/C14H17F2NO2/c1-14(8-18,10-5-6-10)17-12(19)7-9-3-2-4-11(15)13(9)16/h2-4,10,18H,5-8H2,1H3,(H,17,19). The lowest BCUT2D eigenvalue weighted by Crippen LogP contribution is -2.51. The molecule has 1 aromatic rings. The average Bonchev–Trinajstić information content (AvgIpc) is 3.19. The molecule has 1 unspecified atom stereocenters. The molecule has 0 spiro atoms. The molecule has 1 saturated carbocycles. The number of hydrogen-bond donors (Lipinski definition) is 2. The van der Waals surface area contributed by atoms with Crippen LogP contribution in [0.3, 0.4) is 0 Å². The Morgan fingerprint density at radius 3 is 2.74 bits per heavy atom. The van der Waals surface area contributed by atoms with Crippen LogP contribution in [0.1, 0.15) is 25.3 Å². The van der Waals surface area contributed by atoms with Gasteiger partial charge in [-0.2, -0.15) is 0 Å². The number of benzene rings is 1. The predicted molar refractivity (Wildman–Crippen MR) is 66.4 cm³/mol. The molecule has 0 saturated heterocycles. The summed E-state index contributed by atoms with van der Waals surface area (Å²) in [7, 11) is 0. The van der Waals surface area contributed by atoms with E-state index < -0.39 is 23.1 Å². The van der Waals surface area contributed by atoms with Gasteiger partial charge >= 0.3 is 0 Å². The molecule has 1 aromatic carbocycles. The van der Waals surface area contributed by atoms with Crippen LogP contribution in [0, 0.1) is 17.6 Å². The number of halogens is 2. The maximum absolute atomic E-state index is 13.4. The van der Waals surface area contributed by atoms with E-state index in [1.54, 1.807) is 6.92 Å². The van der Waals surface area contributed by atoms with E-state index in [1.807, 2.05) is 0 Å². The number of hydrogen-bond acceptors (Lipinski definition) is 2. The van der Waals surface area contributed by atoms with Crippen molar-refractivity contribution >= 4 is 5.91 Å². The summed E-state index contributed by atoms with van der Waals surface area (Å²) in [6, 6.07) is 3.76. The predicted octanol–water partition coefficient (Wildman–Crippen LogP) is 1.78. The van der Waals surface area contributed by atoms with Crippen LogP contribution in [0.4, 0.5) is 8.78 Å². The van der Waals surface area contributed by atoms with Gasteiger partial charge in [-0.15, -0.1) is 0 Å². The van der Waals surface area contributed by atoms with Crippen molar-refractivity contribution in [1.29, 1.82) is 0 Å². The van der Waals surface area contributed by atoms with Crippen molar-refractivity contribution in [3.63, 3.8) is 0 Å². The van der Waals surface area contributed by atoms with Crippen LogP contribution in [0.5, 0.6) is 0 Å². The Morgan fingerprint density at radius 1 is 1.47 bits per heavy atom. The van der Waals surface area contributed by atoms with Crippen molar-refractivity contribution < 1.29 is 18.7 Å². The number of nitrogens with one attached hydrogen (secondary N) is 1. The number of aliphatic hydroxyl groups excluding tert-OH is 1. The smallest absolute Gasteiger partial charge is 0.225 e. The molecule has 1 atom stereocenters. The summed E-state index contributed by atoms with van der Waals surface area (Å²) in [6.45, 7) is 1.61. The number of amides is 1. The summed E-state index contributed by atoms with van der Waals surface area (Å²) in [5, 5.41) is 12.1. The highest BCUT2D eigenvalue weighted by molar-refractivity contribution is 5.79. The van der Waals surface area contributed by atoms with Crippen LogP contribution in [0.15, 0.2) is 18.2 Å². The zero-order valence-electron chi connectivity index (χ0n) is 10.7. The lowest BCUT2D eigenvalue weighted by Gasteiger charge is -2.28. The topological polar surface area (TPSA) is 49.3 Å². The highest BCUT2D eigenvalue weighted by Gasteiger charge is 2.42. The molecule has 0 bridgehead atoms. The Morgan fingerprint density at radius 2 is 2.16 bits per heavy atom. The molecule has 0 radical (unpaired) electrons. The largest absolute Gasteiger partial charge is 0.394 e. The second kappa shape index (κ2) is 5.25. The van der Waals surface area contributed by atoms with Gasteiger partial charge in [-0.25, -0.2) is 8.78 Å². The molecular formula is C14H17F2NO2. The summed E-state index contributed by atoms with van der Waals surface area (Å²) >= 11 is 0. The molecule has 5 heteroatoms. The van der Waals surface area contributed by atoms with Gasteiger partial charge in [-0.1, -0.05) is 12.1 Å². The lowest BCUT2D eigenvalue weighted by atomic mass is 9.96. The summed E-state index contributed by atoms with van der Waals surface area (Å²) in [5.41, 5.74) is -0.644. The van der Waals surface area contributed by atoms with E-state index in [0.29, 0.717) is 0 Å². The fraction of sp³-hybridized carbons (Fsp3) is 0.500. The van der Waals surface area contributed by atoms with Crippen LogP contribution in [-0.4, -0.2) is 23.2 Å². The first kappa shape index (κ1) is 13.9. The molecule has 3 nitrogen and oxygen atoms in total. The van der Waals surface area contributed by atoms with E-state index in [-0.39, 0.29) is 24.5 Å². The van der Waals surface area contributed by atoms with Crippen LogP contribution >= 0.6 is 0 Å². The van der Waals surface area contributed by atoms with Crippen molar-refractivity contribution in [3.8, 4) is 0 Å². The zero-order chi connectivity index (χ0) is 14.0. The van der Waals surface area contributed by atoms with E-state index in [4.69, 9.17) is 0 Å². The van der Waals surface area contributed by atoms with Crippen molar-refractivity contribution in [2.45, 2.75) is 31.7 Å². The van der Waals surface area contributed by atoms with Gasteiger partial charge in [0.25, 0.3) is 0 Å². The van der Waals surface area contributed by atoms with Crippen LogP contribution < -0.4 is 5.32 Å². The molecule has 1 amide bonds. The minimum Gasteiger partial charge on any atom is -0.394 e. The number of carbonyl (C=O) groups excluding carboxylic acids is 1. The SMILES string of the molecule is CC(CO)(NC(=O)Cc1cccc(F)c1F)C1CC1. The third-order valence-electron chi connectivity index (χ3n) is 3.61. The first-order chi connectivity index (χ1) is 8.96. The van der Waals surface area contributed by atoms with Gasteiger partial charge in [-0.05, 0) is 31.7 Å². The maximum Gasteiger partial charge on any atom is 0.225 e. The van der Waals surface area contributed by atoms with Gasteiger partial charge in [-0.3, -0.25) is 4.79 Å². The van der Waals surface area contributed by atoms with Crippen LogP contribution in [0.2, 0.25) is 0 Å². The van der Waals surface area contributed by atoms with Crippen LogP contribution in [0.25, 0.3) is 0 Å². The van der Waals surface area contributed by atoms with Gasteiger partial charge in [0, 0.05) is 5.56 Å². The second-order valence-corrected chi connectivity index (χ2v) is 5.29. The van der Waals surface area contributed by atoms with Gasteiger partial charge in [0.1, 0.15) is 0 Å². The molecule has 0 aliphatic heterocycles. The zero-order valence-corrected chi connectivity index (χ0v) is 10.7. The van der Waals surface area contributed by atoms with Gasteiger partial charge in [0.15, 0.2) is 11.6 Å². The molecule has 1 fully saturated rings. The fourth-order valence-corrected chi connectivity index (χ4v) is 2.21. The monoisotopic (exact) mass is 269 g/mol. The molecule has 2 N–H and O–H groups in total. The Bertz CT molecular complexity index is 488. The Hall–Kier alpha value is -1.49. The Kier molecular flexibility index (Phi) is 3.85. The first-order valence-electron chi connectivity index (χ1n) is 6.31. The quantitative estimate of drug-likeness (QED) is 0.856.